The van der Waals surface area contributed by atoms with Crippen molar-refractivity contribution in [2.45, 2.75) is 44.7 Å². The van der Waals surface area contributed by atoms with Gasteiger partial charge < -0.3 is 14.7 Å². The van der Waals surface area contributed by atoms with E-state index < -0.39 is 0 Å². The highest BCUT2D eigenvalue weighted by atomic mass is 16.2. The van der Waals surface area contributed by atoms with Gasteiger partial charge in [0.1, 0.15) is 0 Å². The lowest BCUT2D eigenvalue weighted by Gasteiger charge is -2.28. The molecule has 5 rings (SSSR count). The van der Waals surface area contributed by atoms with Gasteiger partial charge in [-0.15, -0.1) is 0 Å². The van der Waals surface area contributed by atoms with E-state index in [0.29, 0.717) is 18.2 Å². The number of rotatable bonds is 4. The Hall–Kier alpha value is -2.86. The summed E-state index contributed by atoms with van der Waals surface area (Å²) >= 11 is 0. The summed E-state index contributed by atoms with van der Waals surface area (Å²) in [5.74, 6) is 0.0185. The molecule has 0 spiro atoms. The molecule has 3 aliphatic rings. The van der Waals surface area contributed by atoms with Crippen LogP contribution in [-0.2, 0) is 0 Å². The summed E-state index contributed by atoms with van der Waals surface area (Å²) in [5.41, 5.74) is 4.18. The number of carbonyl (C=O) groups is 2. The fourth-order valence-corrected chi connectivity index (χ4v) is 5.67. The van der Waals surface area contributed by atoms with Gasteiger partial charge in [0.15, 0.2) is 0 Å². The lowest BCUT2D eigenvalue weighted by atomic mass is 10.0. The van der Waals surface area contributed by atoms with Gasteiger partial charge in [-0.3, -0.25) is 9.69 Å². The van der Waals surface area contributed by atoms with Crippen molar-refractivity contribution in [3.05, 3.63) is 59.7 Å². The van der Waals surface area contributed by atoms with Crippen LogP contribution in [0.4, 0.5) is 4.79 Å². The van der Waals surface area contributed by atoms with E-state index in [9.17, 15) is 9.59 Å². The maximum Gasteiger partial charge on any atom is 0.320 e. The molecule has 3 aliphatic heterocycles. The Balaban J connectivity index is 1.16. The second kappa shape index (κ2) is 9.79. The molecule has 34 heavy (non-hydrogen) atoms. The highest BCUT2D eigenvalue weighted by molar-refractivity contribution is 5.95. The van der Waals surface area contributed by atoms with Crippen molar-refractivity contribution in [2.24, 2.45) is 0 Å². The van der Waals surface area contributed by atoms with Gasteiger partial charge in [0, 0.05) is 44.8 Å². The van der Waals surface area contributed by atoms with E-state index in [1.54, 1.807) is 0 Å². The standard InChI is InChI=1S/C28H36N4O2/c1-21-5-7-22(8-6-21)23-9-11-24(12-10-23)27(33)29(2)25-13-17-31(19-25)28(34)32-18-14-26(20-32)30-15-3-4-16-30/h5-12,25-26H,3-4,13-20H2,1-2H3/t25-,26+/m0/s1. The number of carbonyl (C=O) groups excluding carboxylic acids is 2. The van der Waals surface area contributed by atoms with Crippen LogP contribution < -0.4 is 0 Å². The molecule has 2 atom stereocenters. The summed E-state index contributed by atoms with van der Waals surface area (Å²) in [6.45, 7) is 7.47. The normalized spacial score (nSPS) is 23.0. The Bertz CT molecular complexity index is 1010. The molecule has 0 radical (unpaired) electrons. The SMILES string of the molecule is Cc1ccc(-c2ccc(C(=O)N(C)[C@H]3CCN(C(=O)N4CC[C@@H](N5CCCC5)C4)C3)cc2)cc1. The van der Waals surface area contributed by atoms with Crippen molar-refractivity contribution in [1.82, 2.24) is 19.6 Å². The van der Waals surface area contributed by atoms with Gasteiger partial charge in [0.25, 0.3) is 5.91 Å². The zero-order valence-electron chi connectivity index (χ0n) is 20.4. The van der Waals surface area contributed by atoms with Crippen LogP contribution in [-0.4, -0.2) is 89.9 Å². The van der Waals surface area contributed by atoms with Crippen LogP contribution in [0.1, 0.15) is 41.6 Å². The Morgan fingerprint density at radius 2 is 1.38 bits per heavy atom. The van der Waals surface area contributed by atoms with Crippen molar-refractivity contribution in [3.63, 3.8) is 0 Å². The number of likely N-dealkylation sites (tertiary alicyclic amines) is 3. The molecule has 6 heteroatoms. The summed E-state index contributed by atoms with van der Waals surface area (Å²) in [4.78, 5) is 34.6. The summed E-state index contributed by atoms with van der Waals surface area (Å²) in [6.07, 6.45) is 4.49. The predicted octanol–water partition coefficient (Wildman–Crippen LogP) is 4.10. The minimum atomic E-state index is 0.0185. The molecule has 6 nitrogen and oxygen atoms in total. The number of hydrogen-bond acceptors (Lipinski definition) is 3. The highest BCUT2D eigenvalue weighted by Gasteiger charge is 2.37. The van der Waals surface area contributed by atoms with Gasteiger partial charge in [-0.05, 0) is 69.0 Å². The Kier molecular flexibility index (Phi) is 6.59. The third kappa shape index (κ3) is 4.69. The van der Waals surface area contributed by atoms with Gasteiger partial charge in [0.2, 0.25) is 0 Å². The maximum absolute atomic E-state index is 13.2. The fourth-order valence-electron chi connectivity index (χ4n) is 5.67. The van der Waals surface area contributed by atoms with Gasteiger partial charge in [0.05, 0.1) is 6.04 Å². The van der Waals surface area contributed by atoms with E-state index in [0.717, 1.165) is 43.6 Å². The largest absolute Gasteiger partial charge is 0.337 e. The smallest absolute Gasteiger partial charge is 0.320 e. The first kappa shape index (κ1) is 22.9. The van der Waals surface area contributed by atoms with E-state index in [-0.39, 0.29) is 18.0 Å². The van der Waals surface area contributed by atoms with Crippen molar-refractivity contribution in [3.8, 4) is 11.1 Å². The first-order valence-corrected chi connectivity index (χ1v) is 12.7. The van der Waals surface area contributed by atoms with Crippen LogP contribution in [0, 0.1) is 6.92 Å². The second-order valence-corrected chi connectivity index (χ2v) is 10.2. The number of aryl methyl sites for hydroxylation is 1. The summed E-state index contributed by atoms with van der Waals surface area (Å²) in [7, 11) is 1.87. The Morgan fingerprint density at radius 3 is 2.06 bits per heavy atom. The molecule has 3 saturated heterocycles. The number of amides is 3. The highest BCUT2D eigenvalue weighted by Crippen LogP contribution is 2.25. The molecule has 0 saturated carbocycles. The first-order valence-electron chi connectivity index (χ1n) is 12.7. The summed E-state index contributed by atoms with van der Waals surface area (Å²) in [5, 5.41) is 0. The second-order valence-electron chi connectivity index (χ2n) is 10.2. The molecule has 0 bridgehead atoms. The number of likely N-dealkylation sites (N-methyl/N-ethyl adjacent to an activating group) is 1. The molecule has 3 heterocycles. The molecule has 0 aliphatic carbocycles. The molecular formula is C28H36N4O2. The Morgan fingerprint density at radius 1 is 0.794 bits per heavy atom. The van der Waals surface area contributed by atoms with E-state index in [1.807, 2.05) is 46.0 Å². The zero-order valence-corrected chi connectivity index (χ0v) is 20.4. The lowest BCUT2D eigenvalue weighted by molar-refractivity contribution is 0.0735. The molecule has 3 fully saturated rings. The molecule has 3 amide bonds. The average Bonchev–Trinajstić information content (AvgIpc) is 3.64. The van der Waals surface area contributed by atoms with Crippen LogP contribution in [0.5, 0.6) is 0 Å². The van der Waals surface area contributed by atoms with Crippen LogP contribution in [0.15, 0.2) is 48.5 Å². The summed E-state index contributed by atoms with van der Waals surface area (Å²) < 4.78 is 0. The minimum absolute atomic E-state index is 0.0185. The van der Waals surface area contributed by atoms with Gasteiger partial charge >= 0.3 is 6.03 Å². The minimum Gasteiger partial charge on any atom is -0.337 e. The molecule has 180 valence electrons. The summed E-state index contributed by atoms with van der Waals surface area (Å²) in [6, 6.07) is 17.0. The number of hydrogen-bond donors (Lipinski definition) is 0. The average molecular weight is 461 g/mol. The monoisotopic (exact) mass is 460 g/mol. The van der Waals surface area contributed by atoms with Crippen molar-refractivity contribution in [1.29, 1.82) is 0 Å². The Labute approximate surface area is 203 Å². The number of nitrogens with zero attached hydrogens (tertiary/aromatic N) is 4. The van der Waals surface area contributed by atoms with Crippen LogP contribution in [0.2, 0.25) is 0 Å². The van der Waals surface area contributed by atoms with Crippen molar-refractivity contribution < 1.29 is 9.59 Å². The molecule has 0 N–H and O–H groups in total. The van der Waals surface area contributed by atoms with Gasteiger partial charge in [-0.25, -0.2) is 4.79 Å². The van der Waals surface area contributed by atoms with Crippen LogP contribution in [0.25, 0.3) is 11.1 Å². The van der Waals surface area contributed by atoms with Crippen molar-refractivity contribution in [2.75, 3.05) is 46.3 Å². The first-order chi connectivity index (χ1) is 16.5. The maximum atomic E-state index is 13.2. The molecular weight excluding hydrogens is 424 g/mol. The molecule has 0 unspecified atom stereocenters. The van der Waals surface area contributed by atoms with E-state index in [4.69, 9.17) is 0 Å². The van der Waals surface area contributed by atoms with E-state index >= 15 is 0 Å². The third-order valence-corrected chi connectivity index (χ3v) is 7.91. The fraction of sp³-hybridized carbons (Fsp3) is 0.500. The number of urea groups is 1. The van der Waals surface area contributed by atoms with E-state index in [2.05, 4.69) is 36.1 Å². The molecule has 2 aromatic rings. The van der Waals surface area contributed by atoms with Crippen LogP contribution in [0.3, 0.4) is 0 Å². The van der Waals surface area contributed by atoms with Crippen LogP contribution >= 0.6 is 0 Å². The topological polar surface area (TPSA) is 47.1 Å². The lowest BCUT2D eigenvalue weighted by Crippen LogP contribution is -2.45. The molecule has 0 aromatic heterocycles. The third-order valence-electron chi connectivity index (χ3n) is 7.91. The predicted molar refractivity (Wildman–Crippen MR) is 135 cm³/mol. The van der Waals surface area contributed by atoms with E-state index in [1.165, 1.54) is 31.5 Å². The molecule has 2 aromatic carbocycles. The van der Waals surface area contributed by atoms with Crippen molar-refractivity contribution >= 4 is 11.9 Å². The number of benzene rings is 2. The quantitative estimate of drug-likeness (QED) is 0.690. The van der Waals surface area contributed by atoms with Gasteiger partial charge in [-0.2, -0.15) is 0 Å². The van der Waals surface area contributed by atoms with Gasteiger partial charge in [-0.1, -0.05) is 42.0 Å². The zero-order chi connectivity index (χ0) is 23.7.